The fourth-order valence-electron chi connectivity index (χ4n) is 2.26. The van der Waals surface area contributed by atoms with Crippen molar-refractivity contribution >= 4 is 11.6 Å². The maximum Gasteiger partial charge on any atom is 0.124 e. The van der Waals surface area contributed by atoms with Crippen LogP contribution in [0.1, 0.15) is 30.5 Å². The van der Waals surface area contributed by atoms with Gasteiger partial charge in [0.25, 0.3) is 0 Å². The minimum atomic E-state index is -0.354. The Kier molecular flexibility index (Phi) is 5.71. The minimum Gasteiger partial charge on any atom is -0.310 e. The Labute approximate surface area is 128 Å². The zero-order chi connectivity index (χ0) is 15.2. The van der Waals surface area contributed by atoms with E-state index >= 15 is 0 Å². The van der Waals surface area contributed by atoms with Gasteiger partial charge in [0.2, 0.25) is 0 Å². The lowest BCUT2D eigenvalue weighted by atomic mass is 9.98. The molecule has 1 atom stereocenters. The van der Waals surface area contributed by atoms with Gasteiger partial charge in [-0.15, -0.1) is 0 Å². The molecule has 0 heterocycles. The first kappa shape index (κ1) is 15.9. The number of hydrogen-bond donors (Lipinski definition) is 1. The van der Waals surface area contributed by atoms with Gasteiger partial charge in [0.1, 0.15) is 11.6 Å². The Balaban J connectivity index is 2.23. The lowest BCUT2D eigenvalue weighted by Gasteiger charge is -2.20. The Morgan fingerprint density at radius 2 is 1.86 bits per heavy atom. The fraction of sp³-hybridized carbons (Fsp3) is 0.294. The van der Waals surface area contributed by atoms with Gasteiger partial charge in [-0.1, -0.05) is 36.7 Å². The Hall–Kier alpha value is -1.45. The molecule has 0 aliphatic heterocycles. The molecule has 0 saturated carbocycles. The maximum absolute atomic E-state index is 13.4. The first-order valence-corrected chi connectivity index (χ1v) is 7.40. The van der Waals surface area contributed by atoms with E-state index in [9.17, 15) is 8.78 Å². The van der Waals surface area contributed by atoms with Crippen LogP contribution in [0.15, 0.2) is 42.5 Å². The van der Waals surface area contributed by atoms with Gasteiger partial charge in [0.15, 0.2) is 0 Å². The Morgan fingerprint density at radius 3 is 2.52 bits per heavy atom. The van der Waals surface area contributed by atoms with Gasteiger partial charge in [-0.3, -0.25) is 0 Å². The third-order valence-electron chi connectivity index (χ3n) is 3.33. The van der Waals surface area contributed by atoms with Gasteiger partial charge >= 0.3 is 0 Å². The maximum atomic E-state index is 13.4. The van der Waals surface area contributed by atoms with Crippen molar-refractivity contribution in [2.75, 3.05) is 6.54 Å². The van der Waals surface area contributed by atoms with Crippen LogP contribution in [0, 0.1) is 11.6 Å². The Bertz CT molecular complexity index is 601. The van der Waals surface area contributed by atoms with Crippen molar-refractivity contribution in [3.8, 4) is 0 Å². The highest BCUT2D eigenvalue weighted by molar-refractivity contribution is 6.31. The summed E-state index contributed by atoms with van der Waals surface area (Å²) in [7, 11) is 0. The van der Waals surface area contributed by atoms with E-state index in [0.717, 1.165) is 24.1 Å². The predicted octanol–water partition coefficient (Wildman–Crippen LogP) is 4.90. The van der Waals surface area contributed by atoms with E-state index in [1.807, 2.05) is 6.07 Å². The summed E-state index contributed by atoms with van der Waals surface area (Å²) in [6.45, 7) is 2.89. The fourth-order valence-corrected chi connectivity index (χ4v) is 2.50. The van der Waals surface area contributed by atoms with E-state index < -0.39 is 0 Å². The lowest BCUT2D eigenvalue weighted by Crippen LogP contribution is -2.24. The summed E-state index contributed by atoms with van der Waals surface area (Å²) in [6.07, 6.45) is 1.56. The average Bonchev–Trinajstić information content (AvgIpc) is 2.45. The molecule has 2 rings (SSSR count). The van der Waals surface area contributed by atoms with Crippen molar-refractivity contribution in [1.82, 2.24) is 5.32 Å². The summed E-state index contributed by atoms with van der Waals surface area (Å²) in [6, 6.07) is 10.8. The van der Waals surface area contributed by atoms with Crippen LogP contribution >= 0.6 is 11.6 Å². The van der Waals surface area contributed by atoms with Crippen LogP contribution in [0.3, 0.4) is 0 Å². The first-order chi connectivity index (χ1) is 10.1. The van der Waals surface area contributed by atoms with E-state index in [2.05, 4.69) is 12.2 Å². The molecule has 21 heavy (non-hydrogen) atoms. The second kappa shape index (κ2) is 7.53. The molecule has 2 aromatic carbocycles. The number of nitrogens with one attached hydrogen (secondary N) is 1. The summed E-state index contributed by atoms with van der Waals surface area (Å²) in [5.74, 6) is -0.617. The molecule has 0 radical (unpaired) electrons. The van der Waals surface area contributed by atoms with Crippen LogP contribution in [0.25, 0.3) is 0 Å². The number of rotatable bonds is 6. The van der Waals surface area contributed by atoms with Crippen molar-refractivity contribution in [2.45, 2.75) is 25.8 Å². The summed E-state index contributed by atoms with van der Waals surface area (Å²) in [5.41, 5.74) is 1.71. The van der Waals surface area contributed by atoms with E-state index in [1.54, 1.807) is 12.1 Å². The molecule has 0 aliphatic carbocycles. The molecule has 0 bridgehead atoms. The van der Waals surface area contributed by atoms with E-state index in [0.29, 0.717) is 11.4 Å². The van der Waals surface area contributed by atoms with Gasteiger partial charge in [0, 0.05) is 11.1 Å². The molecule has 1 nitrogen and oxygen atoms in total. The van der Waals surface area contributed by atoms with Crippen molar-refractivity contribution in [3.05, 3.63) is 70.2 Å². The minimum absolute atomic E-state index is 0.0522. The lowest BCUT2D eigenvalue weighted by molar-refractivity contribution is 0.523. The normalized spacial score (nSPS) is 12.4. The van der Waals surface area contributed by atoms with E-state index in [1.165, 1.54) is 24.3 Å². The van der Waals surface area contributed by atoms with Crippen LogP contribution in [0.5, 0.6) is 0 Å². The number of hydrogen-bond acceptors (Lipinski definition) is 1. The molecule has 1 unspecified atom stereocenters. The average molecular weight is 310 g/mol. The summed E-state index contributed by atoms with van der Waals surface area (Å²) in [5, 5.41) is 3.78. The smallest absolute Gasteiger partial charge is 0.124 e. The van der Waals surface area contributed by atoms with Crippen LogP contribution in [0.4, 0.5) is 8.78 Å². The van der Waals surface area contributed by atoms with Crippen molar-refractivity contribution < 1.29 is 8.78 Å². The van der Waals surface area contributed by atoms with Gasteiger partial charge in [-0.25, -0.2) is 8.78 Å². The highest BCUT2D eigenvalue weighted by Gasteiger charge is 2.14. The number of benzene rings is 2. The van der Waals surface area contributed by atoms with Crippen molar-refractivity contribution in [2.24, 2.45) is 0 Å². The molecular weight excluding hydrogens is 292 g/mol. The van der Waals surface area contributed by atoms with Crippen molar-refractivity contribution in [1.29, 1.82) is 0 Å². The summed E-state index contributed by atoms with van der Waals surface area (Å²) < 4.78 is 26.5. The third-order valence-corrected chi connectivity index (χ3v) is 3.68. The number of halogens is 3. The molecule has 4 heteroatoms. The predicted molar refractivity (Wildman–Crippen MR) is 82.5 cm³/mol. The summed E-state index contributed by atoms with van der Waals surface area (Å²) >= 11 is 6.08. The topological polar surface area (TPSA) is 12.0 Å². The Morgan fingerprint density at radius 1 is 1.10 bits per heavy atom. The van der Waals surface area contributed by atoms with Crippen LogP contribution in [-0.2, 0) is 6.42 Å². The standard InChI is InChI=1S/C17H18ClF2N/c1-2-8-21-17(13-4-3-5-14(19)9-13)10-12-6-7-15(20)11-16(12)18/h3-7,9,11,17,21H,2,8,10H2,1H3. The molecule has 2 aromatic rings. The van der Waals surface area contributed by atoms with Gasteiger partial charge < -0.3 is 5.32 Å². The van der Waals surface area contributed by atoms with Gasteiger partial charge in [-0.2, -0.15) is 0 Å². The van der Waals surface area contributed by atoms with Crippen LogP contribution < -0.4 is 5.32 Å². The third kappa shape index (κ3) is 4.51. The molecule has 0 spiro atoms. The molecule has 0 amide bonds. The highest BCUT2D eigenvalue weighted by Crippen LogP contribution is 2.25. The monoisotopic (exact) mass is 309 g/mol. The van der Waals surface area contributed by atoms with Gasteiger partial charge in [-0.05, 0) is 54.8 Å². The zero-order valence-electron chi connectivity index (χ0n) is 11.9. The largest absolute Gasteiger partial charge is 0.310 e. The molecule has 0 aliphatic rings. The second-order valence-electron chi connectivity index (χ2n) is 5.00. The first-order valence-electron chi connectivity index (χ1n) is 7.03. The van der Waals surface area contributed by atoms with E-state index in [-0.39, 0.29) is 17.7 Å². The zero-order valence-corrected chi connectivity index (χ0v) is 12.6. The summed E-state index contributed by atoms with van der Waals surface area (Å²) in [4.78, 5) is 0. The van der Waals surface area contributed by atoms with Gasteiger partial charge in [0.05, 0.1) is 0 Å². The molecule has 112 valence electrons. The molecular formula is C17H18ClF2N. The van der Waals surface area contributed by atoms with E-state index in [4.69, 9.17) is 11.6 Å². The molecule has 0 saturated heterocycles. The SMILES string of the molecule is CCCNC(Cc1ccc(F)cc1Cl)c1cccc(F)c1. The molecule has 0 fully saturated rings. The molecule has 0 aromatic heterocycles. The second-order valence-corrected chi connectivity index (χ2v) is 5.41. The molecule has 1 N–H and O–H groups in total. The van der Waals surface area contributed by atoms with Crippen LogP contribution in [-0.4, -0.2) is 6.54 Å². The quantitative estimate of drug-likeness (QED) is 0.800. The van der Waals surface area contributed by atoms with Crippen molar-refractivity contribution in [3.63, 3.8) is 0 Å². The van der Waals surface area contributed by atoms with Crippen LogP contribution in [0.2, 0.25) is 5.02 Å². The highest BCUT2D eigenvalue weighted by atomic mass is 35.5.